The molecule has 0 radical (unpaired) electrons. The minimum absolute atomic E-state index is 0.0505. The van der Waals surface area contributed by atoms with Crippen molar-refractivity contribution in [2.45, 2.75) is 171 Å². The molecule has 5 rings (SSSR count). The summed E-state index contributed by atoms with van der Waals surface area (Å²) in [7, 11) is 1.26. The van der Waals surface area contributed by atoms with Gasteiger partial charge in [0.05, 0.1) is 63.9 Å². The molecular formula is C49H90N2O27S5. The Morgan fingerprint density at radius 2 is 0.880 bits per heavy atom. The van der Waals surface area contributed by atoms with Gasteiger partial charge < -0.3 is 145 Å². The molecule has 0 aromatic heterocycles. The van der Waals surface area contributed by atoms with Crippen LogP contribution in [0.2, 0.25) is 0 Å². The molecule has 488 valence electrons. The molecule has 25 atom stereocenters. The highest BCUT2D eigenvalue weighted by molar-refractivity contribution is 8.00. The van der Waals surface area contributed by atoms with Crippen LogP contribution in [0.3, 0.4) is 0 Å². The summed E-state index contributed by atoms with van der Waals surface area (Å²) >= 11 is 10.7. The Labute approximate surface area is 504 Å². The summed E-state index contributed by atoms with van der Waals surface area (Å²) < 4.78 is 58.2. The fourth-order valence-electron chi connectivity index (χ4n) is 9.55. The van der Waals surface area contributed by atoms with E-state index in [-0.39, 0.29) is 51.3 Å². The Bertz CT molecular complexity index is 1690. The predicted molar refractivity (Wildman–Crippen MR) is 303 cm³/mol. The van der Waals surface area contributed by atoms with E-state index in [1.54, 1.807) is 6.92 Å². The standard InChI is InChI=1S/C49H90N2O27S5/c1-23-28(74-44(37(64)29(23)56)78-42-27(17-55)73-43(69-2)38(65)36(42)63)18-80-13-6-50-48(79)51-19-49(20-70-7-3-10-81-45-39(66)33(60)30(57)24(14-52)75-45,21-71-8-4-11-82-46-40(67)34(61)31(58)25(15-53)76-46)22-72-9-5-12-83-47-41(68)35(62)32(59)26(16-54)77-47/h23-47,52-68H,3-22H2,1-2H3,(H2,50,51,79)/t23?,24?,25?,26?,27?,28?,29-,30+,31+,32+,33-,34-,35-,36+,37?,38?,39?,40?,41?,42?,43-,44+,45-,46+,47+,49?/m0/s1. The summed E-state index contributed by atoms with van der Waals surface area (Å²) in [5, 5.41) is 182. The number of nitrogens with one attached hydrogen (secondary N) is 2. The van der Waals surface area contributed by atoms with Crippen molar-refractivity contribution in [3.8, 4) is 0 Å². The molecule has 0 bridgehead atoms. The lowest BCUT2D eigenvalue weighted by molar-refractivity contribution is -0.350. The normalized spacial score (nSPS) is 40.4. The smallest absolute Gasteiger partial charge is 0.186 e. The van der Waals surface area contributed by atoms with Crippen molar-refractivity contribution in [2.75, 3.05) is 115 Å². The molecule has 83 heavy (non-hydrogen) atoms. The molecule has 19 N–H and O–H groups in total. The third-order valence-electron chi connectivity index (χ3n) is 14.8. The molecule has 0 spiro atoms. The number of hydrogen-bond acceptors (Lipinski definition) is 32. The number of aliphatic hydroxyl groups excluding tert-OH is 17. The van der Waals surface area contributed by atoms with E-state index in [4.69, 9.17) is 59.6 Å². The van der Waals surface area contributed by atoms with Gasteiger partial charge in [-0.2, -0.15) is 11.8 Å². The van der Waals surface area contributed by atoms with E-state index in [0.29, 0.717) is 54.6 Å². The summed E-state index contributed by atoms with van der Waals surface area (Å²) in [6.07, 6.45) is -27.0. The summed E-state index contributed by atoms with van der Waals surface area (Å²) in [6.45, 7) is 0.624. The van der Waals surface area contributed by atoms with Crippen LogP contribution in [-0.2, 0) is 47.4 Å². The number of thioether (sulfide) groups is 4. The van der Waals surface area contributed by atoms with E-state index in [0.717, 1.165) is 0 Å². The van der Waals surface area contributed by atoms with Crippen LogP contribution in [0, 0.1) is 11.3 Å². The molecule has 5 saturated heterocycles. The molecule has 0 saturated carbocycles. The molecule has 0 aromatic carbocycles. The monoisotopic (exact) mass is 1300 g/mol. The highest BCUT2D eigenvalue weighted by atomic mass is 32.2. The van der Waals surface area contributed by atoms with Crippen molar-refractivity contribution < 1.29 is 134 Å². The minimum Gasteiger partial charge on any atom is -0.394 e. The Balaban J connectivity index is 1.19. The van der Waals surface area contributed by atoms with Gasteiger partial charge in [0.25, 0.3) is 0 Å². The molecule has 29 nitrogen and oxygen atoms in total. The van der Waals surface area contributed by atoms with Gasteiger partial charge in [0, 0.05) is 57.4 Å². The zero-order valence-corrected chi connectivity index (χ0v) is 50.4. The van der Waals surface area contributed by atoms with Gasteiger partial charge in [-0.1, -0.05) is 6.92 Å². The van der Waals surface area contributed by atoms with Crippen LogP contribution in [0.15, 0.2) is 0 Å². The van der Waals surface area contributed by atoms with Gasteiger partial charge >= 0.3 is 0 Å². The first-order valence-corrected chi connectivity index (χ1v) is 32.3. The Hall–Kier alpha value is 0.01000. The molecule has 5 fully saturated rings. The molecule has 5 aliphatic rings. The van der Waals surface area contributed by atoms with E-state index in [1.165, 1.54) is 54.2 Å². The third-order valence-corrected chi connectivity index (χ3v) is 19.8. The molecule has 5 heterocycles. The summed E-state index contributed by atoms with van der Waals surface area (Å²) in [5.41, 5.74) is -3.74. The first kappa shape index (κ1) is 73.7. The maximum atomic E-state index is 11.0. The molecular weight excluding hydrogens is 1210 g/mol. The van der Waals surface area contributed by atoms with Crippen LogP contribution < -0.4 is 10.6 Å². The number of hydrogen-bond donors (Lipinski definition) is 19. The largest absolute Gasteiger partial charge is 0.394 e. The Morgan fingerprint density at radius 1 is 0.470 bits per heavy atom. The third kappa shape index (κ3) is 21.0. The maximum absolute atomic E-state index is 11.0. The lowest BCUT2D eigenvalue weighted by atomic mass is 9.90. The van der Waals surface area contributed by atoms with Gasteiger partial charge in [-0.25, -0.2) is 0 Å². The molecule has 0 aromatic rings. The summed E-state index contributed by atoms with van der Waals surface area (Å²) in [5.74, 6) is 1.42. The van der Waals surface area contributed by atoms with E-state index < -0.39 is 183 Å². The lowest BCUT2D eigenvalue weighted by Gasteiger charge is -2.46. The van der Waals surface area contributed by atoms with Crippen LogP contribution >= 0.6 is 59.3 Å². The SMILES string of the molecule is CO[C@H]1OC(CO)C(O[C@H]2OC(CSCCNC(=S)NCC(COCCCS[C@H]3OC(CO)[C@@H](O)[C@H](O)C3O)(COCCCS[C@H]3OC(CO)[C@@H](O)[C@H](O)C3O)COCCCS[C@@H]3OC(CO)[C@@H](O)[C@H](O)C3O)C(C)[C@H](O)C2O)[C@H](O)C1O. The number of rotatable bonds is 35. The van der Waals surface area contributed by atoms with Crippen molar-refractivity contribution in [3.05, 3.63) is 0 Å². The van der Waals surface area contributed by atoms with Crippen molar-refractivity contribution in [1.82, 2.24) is 10.6 Å². The summed E-state index contributed by atoms with van der Waals surface area (Å²) in [4.78, 5) is 0. The minimum atomic E-state index is -1.59. The Morgan fingerprint density at radius 3 is 1.29 bits per heavy atom. The van der Waals surface area contributed by atoms with Crippen LogP contribution in [0.5, 0.6) is 0 Å². The van der Waals surface area contributed by atoms with Gasteiger partial charge in [-0.15, -0.1) is 35.3 Å². The van der Waals surface area contributed by atoms with E-state index >= 15 is 0 Å². The topological polar surface area (TPSA) is 460 Å². The summed E-state index contributed by atoms with van der Waals surface area (Å²) in [6, 6.07) is 0. The average molecular weight is 1300 g/mol. The number of aliphatic hydroxyl groups is 17. The van der Waals surface area contributed by atoms with Crippen LogP contribution in [0.25, 0.3) is 0 Å². The van der Waals surface area contributed by atoms with Crippen molar-refractivity contribution in [1.29, 1.82) is 0 Å². The fraction of sp³-hybridized carbons (Fsp3) is 0.980. The second kappa shape index (κ2) is 37.4. The predicted octanol–water partition coefficient (Wildman–Crippen LogP) is -7.46. The van der Waals surface area contributed by atoms with Gasteiger partial charge in [0.2, 0.25) is 0 Å². The quantitative estimate of drug-likeness (QED) is 0.0207. The van der Waals surface area contributed by atoms with Gasteiger partial charge in [-0.3, -0.25) is 0 Å². The number of methoxy groups -OCH3 is 1. The number of ether oxygens (including phenoxy) is 10. The lowest BCUT2D eigenvalue weighted by Crippen LogP contribution is -2.63. The van der Waals surface area contributed by atoms with Crippen LogP contribution in [0.1, 0.15) is 26.2 Å². The maximum Gasteiger partial charge on any atom is 0.186 e. The Kier molecular flexibility index (Phi) is 33.2. The van der Waals surface area contributed by atoms with Crippen molar-refractivity contribution in [3.63, 3.8) is 0 Å². The first-order chi connectivity index (χ1) is 39.7. The zero-order chi connectivity index (χ0) is 61.0. The van der Waals surface area contributed by atoms with E-state index in [1.807, 2.05) is 0 Å². The molecule has 0 aliphatic carbocycles. The highest BCUT2D eigenvalue weighted by Crippen LogP contribution is 2.35. The van der Waals surface area contributed by atoms with E-state index in [9.17, 15) is 86.8 Å². The molecule has 34 heteroatoms. The average Bonchev–Trinajstić information content (AvgIpc) is 3.68. The zero-order valence-electron chi connectivity index (χ0n) is 46.3. The van der Waals surface area contributed by atoms with Crippen molar-refractivity contribution >= 4 is 64.4 Å². The second-order valence-corrected chi connectivity index (χ2v) is 26.2. The fourth-order valence-corrected chi connectivity index (χ4v) is 14.0. The first-order valence-electron chi connectivity index (χ1n) is 27.6. The van der Waals surface area contributed by atoms with Crippen molar-refractivity contribution in [2.24, 2.45) is 11.3 Å². The molecule has 0 amide bonds. The van der Waals surface area contributed by atoms with Gasteiger partial charge in [0.1, 0.15) is 120 Å². The van der Waals surface area contributed by atoms with Crippen LogP contribution in [0.4, 0.5) is 0 Å². The molecule has 5 aliphatic heterocycles. The van der Waals surface area contributed by atoms with E-state index in [2.05, 4.69) is 10.6 Å². The number of thiocarbonyl (C=S) groups is 1. The highest BCUT2D eigenvalue weighted by Gasteiger charge is 2.51. The van der Waals surface area contributed by atoms with Crippen LogP contribution in [-0.4, -0.2) is 352 Å². The molecule has 12 unspecified atom stereocenters. The second-order valence-electron chi connectivity index (χ2n) is 21.0. The van der Waals surface area contributed by atoms with Gasteiger partial charge in [0.15, 0.2) is 17.7 Å². The van der Waals surface area contributed by atoms with Gasteiger partial charge in [-0.05, 0) is 48.7 Å².